The number of nitrogens with zero attached hydrogens (tertiary/aromatic N) is 1. The number of nitrogens with one attached hydrogen (secondary N) is 1. The van der Waals surface area contributed by atoms with Crippen molar-refractivity contribution in [1.82, 2.24) is 10.2 Å². The molecule has 1 aliphatic rings. The monoisotopic (exact) mass is 257 g/mol. The molecule has 0 aliphatic heterocycles. The molecular formula is C13H27N3O2. The number of ether oxygens (including phenoxy) is 1. The summed E-state index contributed by atoms with van der Waals surface area (Å²) in [5, 5.41) is 2.95. The van der Waals surface area contributed by atoms with Crippen LogP contribution in [-0.2, 0) is 9.53 Å². The third-order valence-electron chi connectivity index (χ3n) is 3.41. The summed E-state index contributed by atoms with van der Waals surface area (Å²) in [4.78, 5) is 14.2. The van der Waals surface area contributed by atoms with Gasteiger partial charge in [0, 0.05) is 25.7 Å². The molecule has 106 valence electrons. The summed E-state index contributed by atoms with van der Waals surface area (Å²) in [6, 6.07) is 0.653. The predicted octanol–water partition coefficient (Wildman–Crippen LogP) is 0.341. The fourth-order valence-electron chi connectivity index (χ4n) is 2.23. The van der Waals surface area contributed by atoms with E-state index in [1.165, 1.54) is 19.3 Å². The Morgan fingerprint density at radius 3 is 2.78 bits per heavy atom. The van der Waals surface area contributed by atoms with Crippen molar-refractivity contribution < 1.29 is 9.53 Å². The summed E-state index contributed by atoms with van der Waals surface area (Å²) in [7, 11) is 1.64. The van der Waals surface area contributed by atoms with E-state index in [0.29, 0.717) is 25.7 Å². The number of amides is 1. The highest BCUT2D eigenvalue weighted by molar-refractivity contribution is 5.78. The lowest BCUT2D eigenvalue weighted by molar-refractivity contribution is -0.124. The first-order chi connectivity index (χ1) is 8.67. The zero-order valence-electron chi connectivity index (χ0n) is 11.7. The third kappa shape index (κ3) is 5.33. The van der Waals surface area contributed by atoms with Gasteiger partial charge in [-0.3, -0.25) is 9.69 Å². The molecule has 1 fully saturated rings. The van der Waals surface area contributed by atoms with Gasteiger partial charge in [-0.1, -0.05) is 6.42 Å². The number of rotatable bonds is 9. The summed E-state index contributed by atoms with van der Waals surface area (Å²) >= 11 is 0. The van der Waals surface area contributed by atoms with Crippen molar-refractivity contribution in [3.05, 3.63) is 0 Å². The van der Waals surface area contributed by atoms with Crippen LogP contribution in [0, 0.1) is 0 Å². The van der Waals surface area contributed by atoms with Crippen LogP contribution < -0.4 is 11.1 Å². The van der Waals surface area contributed by atoms with Gasteiger partial charge in [-0.15, -0.1) is 0 Å². The molecule has 1 saturated carbocycles. The molecule has 18 heavy (non-hydrogen) atoms. The first-order valence-corrected chi connectivity index (χ1v) is 6.89. The summed E-state index contributed by atoms with van der Waals surface area (Å²) in [6.07, 6.45) is 4.67. The molecule has 1 rings (SSSR count). The molecule has 0 aromatic rings. The Bertz CT molecular complexity index is 244. The highest BCUT2D eigenvalue weighted by atomic mass is 16.5. The molecule has 1 atom stereocenters. The number of hydrogen-bond donors (Lipinski definition) is 2. The topological polar surface area (TPSA) is 67.6 Å². The van der Waals surface area contributed by atoms with Crippen LogP contribution in [0.4, 0.5) is 0 Å². The first-order valence-electron chi connectivity index (χ1n) is 6.89. The molecule has 0 spiro atoms. The van der Waals surface area contributed by atoms with E-state index < -0.39 is 0 Å². The number of hydrogen-bond acceptors (Lipinski definition) is 4. The van der Waals surface area contributed by atoms with Crippen LogP contribution in [0.1, 0.15) is 32.6 Å². The van der Waals surface area contributed by atoms with E-state index >= 15 is 0 Å². The largest absolute Gasteiger partial charge is 0.383 e. The minimum atomic E-state index is 0.0697. The summed E-state index contributed by atoms with van der Waals surface area (Å²) in [5.41, 5.74) is 5.54. The third-order valence-corrected chi connectivity index (χ3v) is 3.41. The van der Waals surface area contributed by atoms with Crippen molar-refractivity contribution in [2.75, 3.05) is 33.4 Å². The average Bonchev–Trinajstić information content (AvgIpc) is 2.23. The Hall–Kier alpha value is -0.650. The molecule has 0 heterocycles. The minimum Gasteiger partial charge on any atom is -0.383 e. The molecule has 0 radical (unpaired) electrons. The number of methoxy groups -OCH3 is 1. The fourth-order valence-corrected chi connectivity index (χ4v) is 2.23. The van der Waals surface area contributed by atoms with Gasteiger partial charge in [0.05, 0.1) is 13.2 Å². The Balaban J connectivity index is 2.31. The van der Waals surface area contributed by atoms with Crippen LogP contribution in [0.25, 0.3) is 0 Å². The van der Waals surface area contributed by atoms with E-state index in [-0.39, 0.29) is 11.9 Å². The van der Waals surface area contributed by atoms with E-state index in [9.17, 15) is 4.79 Å². The lowest BCUT2D eigenvalue weighted by Gasteiger charge is -2.37. The standard InChI is InChI=1S/C13H27N3O2/c1-11(10-18-2)15-13(17)9-16(8-4-7-14)12-5-3-6-12/h11-12H,3-10,14H2,1-2H3,(H,15,17). The van der Waals surface area contributed by atoms with Gasteiger partial charge in [-0.05, 0) is 32.7 Å². The van der Waals surface area contributed by atoms with E-state index in [1.807, 2.05) is 6.92 Å². The van der Waals surface area contributed by atoms with Gasteiger partial charge in [-0.25, -0.2) is 0 Å². The van der Waals surface area contributed by atoms with Gasteiger partial charge >= 0.3 is 0 Å². The fraction of sp³-hybridized carbons (Fsp3) is 0.923. The van der Waals surface area contributed by atoms with Gasteiger partial charge in [-0.2, -0.15) is 0 Å². The van der Waals surface area contributed by atoms with Crippen molar-refractivity contribution in [2.45, 2.75) is 44.7 Å². The second kappa shape index (κ2) is 8.45. The van der Waals surface area contributed by atoms with Crippen molar-refractivity contribution >= 4 is 5.91 Å². The zero-order chi connectivity index (χ0) is 13.4. The van der Waals surface area contributed by atoms with Crippen LogP contribution in [0.15, 0.2) is 0 Å². The second-order valence-corrected chi connectivity index (χ2v) is 5.12. The second-order valence-electron chi connectivity index (χ2n) is 5.12. The first kappa shape index (κ1) is 15.4. The molecule has 0 aromatic carbocycles. The minimum absolute atomic E-state index is 0.0697. The predicted molar refractivity (Wildman–Crippen MR) is 72.4 cm³/mol. The van der Waals surface area contributed by atoms with Gasteiger partial charge in [0.15, 0.2) is 0 Å². The maximum atomic E-state index is 11.9. The smallest absolute Gasteiger partial charge is 0.234 e. The van der Waals surface area contributed by atoms with Crippen LogP contribution in [-0.4, -0.2) is 56.2 Å². The van der Waals surface area contributed by atoms with Crippen molar-refractivity contribution in [3.8, 4) is 0 Å². The van der Waals surface area contributed by atoms with E-state index in [4.69, 9.17) is 10.5 Å². The van der Waals surface area contributed by atoms with E-state index in [2.05, 4.69) is 10.2 Å². The van der Waals surface area contributed by atoms with Crippen LogP contribution in [0.5, 0.6) is 0 Å². The summed E-state index contributed by atoms with van der Waals surface area (Å²) < 4.78 is 5.01. The molecule has 3 N–H and O–H groups in total. The quantitative estimate of drug-likeness (QED) is 0.625. The lowest BCUT2D eigenvalue weighted by atomic mass is 9.91. The maximum Gasteiger partial charge on any atom is 0.234 e. The van der Waals surface area contributed by atoms with Gasteiger partial charge < -0.3 is 15.8 Å². The maximum absolute atomic E-state index is 11.9. The van der Waals surface area contributed by atoms with Crippen LogP contribution >= 0.6 is 0 Å². The van der Waals surface area contributed by atoms with E-state index in [1.54, 1.807) is 7.11 Å². The van der Waals surface area contributed by atoms with Gasteiger partial charge in [0.1, 0.15) is 0 Å². The highest BCUT2D eigenvalue weighted by Crippen LogP contribution is 2.24. The van der Waals surface area contributed by atoms with Crippen LogP contribution in [0.2, 0.25) is 0 Å². The molecule has 1 aliphatic carbocycles. The van der Waals surface area contributed by atoms with Crippen LogP contribution in [0.3, 0.4) is 0 Å². The number of carbonyl (C=O) groups is 1. The van der Waals surface area contributed by atoms with Crippen molar-refractivity contribution in [1.29, 1.82) is 0 Å². The van der Waals surface area contributed by atoms with Gasteiger partial charge in [0.25, 0.3) is 0 Å². The van der Waals surface area contributed by atoms with Crippen molar-refractivity contribution in [2.24, 2.45) is 5.73 Å². The highest BCUT2D eigenvalue weighted by Gasteiger charge is 2.26. The Labute approximate surface area is 110 Å². The SMILES string of the molecule is COCC(C)NC(=O)CN(CCCN)C1CCC1. The molecule has 1 amide bonds. The number of nitrogens with two attached hydrogens (primary N) is 1. The van der Waals surface area contributed by atoms with Gasteiger partial charge in [0.2, 0.25) is 5.91 Å². The molecule has 0 bridgehead atoms. The van der Waals surface area contributed by atoms with E-state index in [0.717, 1.165) is 13.0 Å². The normalized spacial score (nSPS) is 17.6. The molecule has 0 aromatic heterocycles. The Morgan fingerprint density at radius 2 is 2.28 bits per heavy atom. The average molecular weight is 257 g/mol. The lowest BCUT2D eigenvalue weighted by Crippen LogP contribution is -2.48. The molecular weight excluding hydrogens is 230 g/mol. The summed E-state index contributed by atoms with van der Waals surface area (Å²) in [6.45, 7) is 4.60. The zero-order valence-corrected chi connectivity index (χ0v) is 11.7. The molecule has 0 saturated heterocycles. The van der Waals surface area contributed by atoms with Crippen molar-refractivity contribution in [3.63, 3.8) is 0 Å². The molecule has 5 heteroatoms. The molecule has 1 unspecified atom stereocenters. The Morgan fingerprint density at radius 1 is 1.56 bits per heavy atom. The number of carbonyl (C=O) groups excluding carboxylic acids is 1. The molecule has 5 nitrogen and oxygen atoms in total. The Kier molecular flexibility index (Phi) is 7.23. The summed E-state index contributed by atoms with van der Waals surface area (Å²) in [5.74, 6) is 0.0865.